The highest BCUT2D eigenvalue weighted by molar-refractivity contribution is 7.98. The second-order valence-corrected chi connectivity index (χ2v) is 6.00. The van der Waals surface area contributed by atoms with Crippen molar-refractivity contribution in [1.82, 2.24) is 20.1 Å². The fraction of sp³-hybridized carbons (Fsp3) is 0.167. The lowest BCUT2D eigenvalue weighted by molar-refractivity contribution is 0.0949. The van der Waals surface area contributed by atoms with Crippen LogP contribution in [0, 0.1) is 0 Å². The highest BCUT2D eigenvalue weighted by Gasteiger charge is 2.09. The number of benzene rings is 1. The summed E-state index contributed by atoms with van der Waals surface area (Å²) in [5.41, 5.74) is 2.64. The van der Waals surface area contributed by atoms with Gasteiger partial charge in [-0.3, -0.25) is 14.5 Å². The molecule has 0 saturated heterocycles. The molecule has 24 heavy (non-hydrogen) atoms. The van der Waals surface area contributed by atoms with Crippen LogP contribution >= 0.6 is 11.8 Å². The van der Waals surface area contributed by atoms with Crippen LogP contribution in [0.5, 0.6) is 0 Å². The lowest BCUT2D eigenvalue weighted by Crippen LogP contribution is -2.27. The summed E-state index contributed by atoms with van der Waals surface area (Å²) >= 11 is 1.57. The molecule has 5 nitrogen and oxygen atoms in total. The Labute approximate surface area is 145 Å². The monoisotopic (exact) mass is 338 g/mol. The molecule has 3 aromatic rings. The van der Waals surface area contributed by atoms with Gasteiger partial charge in [-0.25, -0.2) is 0 Å². The van der Waals surface area contributed by atoms with E-state index in [9.17, 15) is 4.79 Å². The number of hydrogen-bond acceptors (Lipinski definition) is 4. The van der Waals surface area contributed by atoms with Crippen molar-refractivity contribution in [2.45, 2.75) is 11.4 Å². The number of thioether (sulfide) groups is 1. The average Bonchev–Trinajstić information content (AvgIpc) is 3.11. The maximum atomic E-state index is 12.3. The molecule has 122 valence electrons. The largest absolute Gasteiger partial charge is 0.350 e. The molecule has 0 unspecified atom stereocenters. The first-order valence-corrected chi connectivity index (χ1v) is 8.85. The van der Waals surface area contributed by atoms with Gasteiger partial charge < -0.3 is 5.32 Å². The van der Waals surface area contributed by atoms with Crippen LogP contribution in [0.1, 0.15) is 10.4 Å². The zero-order valence-corrected chi connectivity index (χ0v) is 14.2. The van der Waals surface area contributed by atoms with Crippen molar-refractivity contribution in [3.05, 3.63) is 66.6 Å². The van der Waals surface area contributed by atoms with Crippen molar-refractivity contribution in [3.63, 3.8) is 0 Å². The van der Waals surface area contributed by atoms with E-state index < -0.39 is 0 Å². The molecule has 0 fully saturated rings. The van der Waals surface area contributed by atoms with E-state index in [1.54, 1.807) is 24.2 Å². The second-order valence-electron chi connectivity index (χ2n) is 5.16. The maximum absolute atomic E-state index is 12.3. The minimum Gasteiger partial charge on any atom is -0.350 e. The van der Waals surface area contributed by atoms with Gasteiger partial charge in [-0.2, -0.15) is 5.10 Å². The van der Waals surface area contributed by atoms with Crippen LogP contribution in [-0.4, -0.2) is 33.5 Å². The van der Waals surface area contributed by atoms with Gasteiger partial charge in [0.05, 0.1) is 17.8 Å². The number of nitrogens with zero attached hydrogens (tertiary/aromatic N) is 3. The molecule has 2 aromatic heterocycles. The Morgan fingerprint density at radius 3 is 2.75 bits per heavy atom. The smallest absolute Gasteiger partial charge is 0.252 e. The third-order valence-electron chi connectivity index (χ3n) is 3.59. The Morgan fingerprint density at radius 2 is 1.96 bits per heavy atom. The zero-order chi connectivity index (χ0) is 16.8. The van der Waals surface area contributed by atoms with Gasteiger partial charge in [0.15, 0.2) is 0 Å². The number of carbonyl (C=O) groups excluding carboxylic acids is 1. The number of hydrogen-bond donors (Lipinski definition) is 1. The van der Waals surface area contributed by atoms with Gasteiger partial charge in [-0.05, 0) is 36.6 Å². The molecule has 0 aliphatic carbocycles. The molecule has 1 N–H and O–H groups in total. The van der Waals surface area contributed by atoms with Crippen LogP contribution in [0.2, 0.25) is 0 Å². The molecular weight excluding hydrogens is 320 g/mol. The molecule has 1 aromatic carbocycles. The van der Waals surface area contributed by atoms with Crippen molar-refractivity contribution >= 4 is 17.7 Å². The lowest BCUT2D eigenvalue weighted by Gasteiger charge is -2.08. The molecule has 0 spiro atoms. The fourth-order valence-electron chi connectivity index (χ4n) is 2.37. The number of aromatic nitrogens is 3. The van der Waals surface area contributed by atoms with Crippen molar-refractivity contribution in [2.75, 3.05) is 12.8 Å². The highest BCUT2D eigenvalue weighted by Crippen LogP contribution is 2.19. The van der Waals surface area contributed by atoms with E-state index in [0.29, 0.717) is 18.7 Å². The molecule has 0 bridgehead atoms. The van der Waals surface area contributed by atoms with Crippen molar-refractivity contribution < 1.29 is 4.79 Å². The first kappa shape index (κ1) is 16.3. The molecule has 0 aliphatic rings. The summed E-state index contributed by atoms with van der Waals surface area (Å²) in [6.45, 7) is 1.15. The van der Waals surface area contributed by atoms with Crippen LogP contribution in [0.25, 0.3) is 11.3 Å². The van der Waals surface area contributed by atoms with Crippen LogP contribution in [0.3, 0.4) is 0 Å². The second kappa shape index (κ2) is 7.79. The summed E-state index contributed by atoms with van der Waals surface area (Å²) in [4.78, 5) is 17.3. The number of amides is 1. The average molecular weight is 338 g/mol. The summed E-state index contributed by atoms with van der Waals surface area (Å²) in [6.07, 6.45) is 7.38. The summed E-state index contributed by atoms with van der Waals surface area (Å²) in [6, 6.07) is 13.4. The third-order valence-corrected chi connectivity index (χ3v) is 4.39. The molecule has 0 radical (unpaired) electrons. The number of rotatable bonds is 6. The lowest BCUT2D eigenvalue weighted by atomic mass is 10.2. The Hall–Kier alpha value is -2.60. The maximum Gasteiger partial charge on any atom is 0.252 e. The van der Waals surface area contributed by atoms with Crippen LogP contribution in [0.4, 0.5) is 0 Å². The molecule has 2 heterocycles. The number of nitrogens with one attached hydrogen (secondary N) is 1. The van der Waals surface area contributed by atoms with E-state index in [2.05, 4.69) is 15.4 Å². The minimum absolute atomic E-state index is 0.0542. The van der Waals surface area contributed by atoms with Gasteiger partial charge in [-0.15, -0.1) is 11.8 Å². The molecule has 1 amide bonds. The van der Waals surface area contributed by atoms with E-state index in [1.165, 1.54) is 0 Å². The Bertz CT molecular complexity index is 817. The molecule has 3 rings (SSSR count). The topological polar surface area (TPSA) is 59.8 Å². The minimum atomic E-state index is -0.0542. The normalized spacial score (nSPS) is 10.5. The summed E-state index contributed by atoms with van der Waals surface area (Å²) in [5.74, 6) is -0.0542. The van der Waals surface area contributed by atoms with Crippen molar-refractivity contribution in [1.29, 1.82) is 0 Å². The summed E-state index contributed by atoms with van der Waals surface area (Å²) in [5, 5.41) is 7.47. The predicted octanol–water partition coefficient (Wildman–Crippen LogP) is 3.10. The Morgan fingerprint density at radius 1 is 1.17 bits per heavy atom. The van der Waals surface area contributed by atoms with E-state index >= 15 is 0 Å². The van der Waals surface area contributed by atoms with E-state index in [0.717, 1.165) is 16.2 Å². The standard InChI is InChI=1S/C18H18N4OS/c1-24-17-5-3-2-4-15(17)18(23)20-11-13-22-12-8-16(21-22)14-6-9-19-10-7-14/h2-10,12H,11,13H2,1H3,(H,20,23). The van der Waals surface area contributed by atoms with Gasteiger partial charge in [-0.1, -0.05) is 12.1 Å². The van der Waals surface area contributed by atoms with E-state index in [-0.39, 0.29) is 5.91 Å². The highest BCUT2D eigenvalue weighted by atomic mass is 32.2. The molecular formula is C18H18N4OS. The van der Waals surface area contributed by atoms with Gasteiger partial charge in [0, 0.05) is 35.6 Å². The van der Waals surface area contributed by atoms with E-state index in [4.69, 9.17) is 0 Å². The molecule has 0 saturated carbocycles. The zero-order valence-electron chi connectivity index (χ0n) is 13.3. The van der Waals surface area contributed by atoms with Gasteiger partial charge in [0.2, 0.25) is 0 Å². The molecule has 0 aliphatic heterocycles. The predicted molar refractivity (Wildman–Crippen MR) is 96.0 cm³/mol. The van der Waals surface area contributed by atoms with E-state index in [1.807, 2.05) is 59.6 Å². The van der Waals surface area contributed by atoms with Gasteiger partial charge in [0.25, 0.3) is 5.91 Å². The number of carbonyl (C=O) groups is 1. The first-order chi connectivity index (χ1) is 11.8. The molecule has 0 atom stereocenters. The SMILES string of the molecule is CSc1ccccc1C(=O)NCCn1ccc(-c2ccncc2)n1. The van der Waals surface area contributed by atoms with Crippen molar-refractivity contribution in [3.8, 4) is 11.3 Å². The van der Waals surface area contributed by atoms with Gasteiger partial charge >= 0.3 is 0 Å². The Kier molecular flexibility index (Phi) is 5.28. The van der Waals surface area contributed by atoms with Crippen LogP contribution in [-0.2, 0) is 6.54 Å². The van der Waals surface area contributed by atoms with Crippen LogP contribution < -0.4 is 5.32 Å². The fourth-order valence-corrected chi connectivity index (χ4v) is 2.97. The van der Waals surface area contributed by atoms with Crippen molar-refractivity contribution in [2.24, 2.45) is 0 Å². The Balaban J connectivity index is 1.57. The van der Waals surface area contributed by atoms with Gasteiger partial charge in [0.1, 0.15) is 0 Å². The summed E-state index contributed by atoms with van der Waals surface area (Å²) in [7, 11) is 0. The quantitative estimate of drug-likeness (QED) is 0.702. The third kappa shape index (κ3) is 3.83. The van der Waals surface area contributed by atoms with Crippen LogP contribution in [0.15, 0.2) is 66.0 Å². The summed E-state index contributed by atoms with van der Waals surface area (Å²) < 4.78 is 1.83. The first-order valence-electron chi connectivity index (χ1n) is 7.63. The number of pyridine rings is 1. The molecule has 6 heteroatoms.